The van der Waals surface area contributed by atoms with Crippen molar-refractivity contribution in [3.63, 3.8) is 0 Å². The minimum Gasteiger partial charge on any atom is -0.369 e. The Kier molecular flexibility index (Phi) is 4.97. The Hall–Kier alpha value is -1.16. The summed E-state index contributed by atoms with van der Waals surface area (Å²) in [6.45, 7) is 13.4. The molecule has 0 spiro atoms. The molecule has 0 bridgehead atoms. The summed E-state index contributed by atoms with van der Waals surface area (Å²) in [5.41, 5.74) is 1.48. The summed E-state index contributed by atoms with van der Waals surface area (Å²) in [5.74, 6) is 1.67. The first-order chi connectivity index (χ1) is 9.49. The SMILES string of the molecule is CCCNc1cnc(CN2CCC(C(C)(C)C)C2)cn1. The molecule has 1 unspecified atom stereocenters. The number of hydrogen-bond donors (Lipinski definition) is 1. The van der Waals surface area contributed by atoms with E-state index in [1.54, 1.807) is 0 Å². The summed E-state index contributed by atoms with van der Waals surface area (Å²) < 4.78 is 0. The molecule has 1 fully saturated rings. The Labute approximate surface area is 123 Å². The molecule has 1 aliphatic rings. The van der Waals surface area contributed by atoms with Crippen LogP contribution < -0.4 is 5.32 Å². The van der Waals surface area contributed by atoms with Crippen LogP contribution in [-0.4, -0.2) is 34.5 Å². The van der Waals surface area contributed by atoms with Gasteiger partial charge in [-0.1, -0.05) is 27.7 Å². The molecule has 4 heteroatoms. The third-order valence-electron chi connectivity index (χ3n) is 4.14. The van der Waals surface area contributed by atoms with Gasteiger partial charge in [-0.15, -0.1) is 0 Å². The first-order valence-corrected chi connectivity index (χ1v) is 7.76. The van der Waals surface area contributed by atoms with Crippen LogP contribution in [0.2, 0.25) is 0 Å². The molecule has 112 valence electrons. The third-order valence-corrected chi connectivity index (χ3v) is 4.14. The second-order valence-corrected chi connectivity index (χ2v) is 6.91. The van der Waals surface area contributed by atoms with Gasteiger partial charge in [0, 0.05) is 19.6 Å². The number of rotatable bonds is 5. The standard InChI is InChI=1S/C16H28N4/c1-5-7-17-15-10-18-14(9-19-15)12-20-8-6-13(11-20)16(2,3)4/h9-10,13H,5-8,11-12H2,1-4H3,(H,17,19). The summed E-state index contributed by atoms with van der Waals surface area (Å²) in [7, 11) is 0. The van der Waals surface area contributed by atoms with Crippen molar-refractivity contribution in [3.8, 4) is 0 Å². The maximum atomic E-state index is 4.52. The van der Waals surface area contributed by atoms with Crippen molar-refractivity contribution in [1.29, 1.82) is 0 Å². The second-order valence-electron chi connectivity index (χ2n) is 6.91. The second kappa shape index (κ2) is 6.53. The molecule has 20 heavy (non-hydrogen) atoms. The summed E-state index contributed by atoms with van der Waals surface area (Å²) in [5, 5.41) is 3.25. The molecule has 1 saturated heterocycles. The number of nitrogens with one attached hydrogen (secondary N) is 1. The summed E-state index contributed by atoms with van der Waals surface area (Å²) in [4.78, 5) is 11.4. The van der Waals surface area contributed by atoms with Crippen molar-refractivity contribution >= 4 is 5.82 Å². The predicted molar refractivity (Wildman–Crippen MR) is 83.7 cm³/mol. The number of aromatic nitrogens is 2. The zero-order valence-corrected chi connectivity index (χ0v) is 13.3. The fraction of sp³-hybridized carbons (Fsp3) is 0.750. The lowest BCUT2D eigenvalue weighted by Crippen LogP contribution is -2.26. The Bertz CT molecular complexity index is 407. The first kappa shape index (κ1) is 15.2. The van der Waals surface area contributed by atoms with E-state index in [0.717, 1.165) is 36.9 Å². The molecule has 0 amide bonds. The van der Waals surface area contributed by atoms with Crippen LogP contribution in [0.3, 0.4) is 0 Å². The quantitative estimate of drug-likeness (QED) is 0.897. The molecule has 2 rings (SSSR count). The van der Waals surface area contributed by atoms with Crippen LogP contribution in [0, 0.1) is 11.3 Å². The highest BCUT2D eigenvalue weighted by Gasteiger charge is 2.31. The van der Waals surface area contributed by atoms with Crippen molar-refractivity contribution in [3.05, 3.63) is 18.1 Å². The van der Waals surface area contributed by atoms with Crippen LogP contribution in [0.15, 0.2) is 12.4 Å². The first-order valence-electron chi connectivity index (χ1n) is 7.76. The molecule has 1 aliphatic heterocycles. The van der Waals surface area contributed by atoms with E-state index in [1.807, 2.05) is 12.4 Å². The van der Waals surface area contributed by atoms with Crippen molar-refractivity contribution in [2.75, 3.05) is 25.0 Å². The van der Waals surface area contributed by atoms with Gasteiger partial charge in [-0.2, -0.15) is 0 Å². The van der Waals surface area contributed by atoms with Crippen LogP contribution >= 0.6 is 0 Å². The van der Waals surface area contributed by atoms with Gasteiger partial charge in [0.25, 0.3) is 0 Å². The number of likely N-dealkylation sites (tertiary alicyclic amines) is 1. The minimum atomic E-state index is 0.411. The largest absolute Gasteiger partial charge is 0.369 e. The fourth-order valence-electron chi connectivity index (χ4n) is 2.69. The van der Waals surface area contributed by atoms with Gasteiger partial charge < -0.3 is 5.32 Å². The molecule has 1 atom stereocenters. The van der Waals surface area contributed by atoms with Crippen LogP contribution in [0.1, 0.15) is 46.2 Å². The molecule has 0 aliphatic carbocycles. The topological polar surface area (TPSA) is 41.1 Å². The van der Waals surface area contributed by atoms with E-state index in [1.165, 1.54) is 19.5 Å². The van der Waals surface area contributed by atoms with Gasteiger partial charge in [0.2, 0.25) is 0 Å². The summed E-state index contributed by atoms with van der Waals surface area (Å²) >= 11 is 0. The fourth-order valence-corrected chi connectivity index (χ4v) is 2.69. The van der Waals surface area contributed by atoms with Gasteiger partial charge in [0.1, 0.15) is 5.82 Å². The van der Waals surface area contributed by atoms with E-state index in [2.05, 4.69) is 47.9 Å². The zero-order chi connectivity index (χ0) is 14.6. The van der Waals surface area contributed by atoms with Gasteiger partial charge in [0.15, 0.2) is 0 Å². The molecule has 0 radical (unpaired) electrons. The molecule has 1 N–H and O–H groups in total. The summed E-state index contributed by atoms with van der Waals surface area (Å²) in [6, 6.07) is 0. The molecule has 2 heterocycles. The van der Waals surface area contributed by atoms with E-state index in [0.29, 0.717) is 5.41 Å². The van der Waals surface area contributed by atoms with Crippen LogP contribution in [0.4, 0.5) is 5.82 Å². The number of hydrogen-bond acceptors (Lipinski definition) is 4. The number of anilines is 1. The minimum absolute atomic E-state index is 0.411. The smallest absolute Gasteiger partial charge is 0.144 e. The van der Waals surface area contributed by atoms with Gasteiger partial charge >= 0.3 is 0 Å². The van der Waals surface area contributed by atoms with Gasteiger partial charge in [0.05, 0.1) is 18.1 Å². The predicted octanol–water partition coefficient (Wildman–Crippen LogP) is 3.17. The number of nitrogens with zero attached hydrogens (tertiary/aromatic N) is 3. The zero-order valence-electron chi connectivity index (χ0n) is 13.3. The van der Waals surface area contributed by atoms with Crippen LogP contribution in [0.25, 0.3) is 0 Å². The van der Waals surface area contributed by atoms with Crippen molar-refractivity contribution < 1.29 is 0 Å². The Morgan fingerprint density at radius 3 is 2.65 bits per heavy atom. The van der Waals surface area contributed by atoms with E-state index in [-0.39, 0.29) is 0 Å². The summed E-state index contributed by atoms with van der Waals surface area (Å²) in [6.07, 6.45) is 6.16. The maximum Gasteiger partial charge on any atom is 0.144 e. The molecular formula is C16H28N4. The third kappa shape index (κ3) is 4.17. The van der Waals surface area contributed by atoms with Crippen LogP contribution in [0.5, 0.6) is 0 Å². The molecular weight excluding hydrogens is 248 g/mol. The maximum absolute atomic E-state index is 4.52. The van der Waals surface area contributed by atoms with Gasteiger partial charge in [-0.05, 0) is 30.7 Å². The van der Waals surface area contributed by atoms with Crippen LogP contribution in [-0.2, 0) is 6.54 Å². The lowest BCUT2D eigenvalue weighted by Gasteiger charge is -2.27. The molecule has 0 aromatic carbocycles. The van der Waals surface area contributed by atoms with Crippen molar-refractivity contribution in [1.82, 2.24) is 14.9 Å². The highest BCUT2D eigenvalue weighted by Crippen LogP contribution is 2.33. The lowest BCUT2D eigenvalue weighted by molar-refractivity contribution is 0.225. The van der Waals surface area contributed by atoms with Crippen molar-refractivity contribution in [2.24, 2.45) is 11.3 Å². The van der Waals surface area contributed by atoms with E-state index in [9.17, 15) is 0 Å². The Morgan fingerprint density at radius 1 is 1.30 bits per heavy atom. The Balaban J connectivity index is 1.85. The monoisotopic (exact) mass is 276 g/mol. The molecule has 1 aromatic heterocycles. The average Bonchev–Trinajstić information content (AvgIpc) is 2.86. The molecule has 4 nitrogen and oxygen atoms in total. The highest BCUT2D eigenvalue weighted by atomic mass is 15.2. The van der Waals surface area contributed by atoms with Gasteiger partial charge in [-0.3, -0.25) is 9.88 Å². The Morgan fingerprint density at radius 2 is 2.10 bits per heavy atom. The van der Waals surface area contributed by atoms with Gasteiger partial charge in [-0.25, -0.2) is 4.98 Å². The molecule has 1 aromatic rings. The average molecular weight is 276 g/mol. The lowest BCUT2D eigenvalue weighted by atomic mass is 9.80. The highest BCUT2D eigenvalue weighted by molar-refractivity contribution is 5.30. The molecule has 0 saturated carbocycles. The van der Waals surface area contributed by atoms with Crippen molar-refractivity contribution in [2.45, 2.75) is 47.1 Å². The van der Waals surface area contributed by atoms with E-state index in [4.69, 9.17) is 0 Å². The van der Waals surface area contributed by atoms with E-state index < -0.39 is 0 Å². The van der Waals surface area contributed by atoms with E-state index >= 15 is 0 Å². The normalized spacial score (nSPS) is 20.3.